The molecule has 0 aromatic heterocycles. The summed E-state index contributed by atoms with van der Waals surface area (Å²) in [7, 11) is 0. The number of amides is 2. The van der Waals surface area contributed by atoms with Crippen LogP contribution in [0.4, 0.5) is 11.4 Å². The van der Waals surface area contributed by atoms with Crippen LogP contribution in [0.5, 0.6) is 11.5 Å². The highest BCUT2D eigenvalue weighted by atomic mass is 16.5. The molecule has 9 nitrogen and oxygen atoms in total. The third kappa shape index (κ3) is 6.52. The third-order valence-electron chi connectivity index (χ3n) is 5.53. The summed E-state index contributed by atoms with van der Waals surface area (Å²) in [5.41, 5.74) is 1.20. The van der Waals surface area contributed by atoms with E-state index in [9.17, 15) is 24.3 Å². The number of hydrogen-bond donors (Lipinski definition) is 2. The smallest absolute Gasteiger partial charge is 0.339 e. The van der Waals surface area contributed by atoms with Crippen molar-refractivity contribution >= 4 is 35.1 Å². The number of unbranched alkanes of at least 4 members (excludes halogenated alkanes) is 1. The zero-order chi connectivity index (χ0) is 26.9. The molecule has 1 heterocycles. The van der Waals surface area contributed by atoms with Crippen molar-refractivity contribution in [3.05, 3.63) is 84.4 Å². The predicted molar refractivity (Wildman–Crippen MR) is 137 cm³/mol. The molecule has 1 atom stereocenters. The van der Waals surface area contributed by atoms with Crippen LogP contribution in [0.15, 0.2) is 78.9 Å². The van der Waals surface area contributed by atoms with Crippen molar-refractivity contribution in [3.8, 4) is 11.5 Å². The largest absolute Gasteiger partial charge is 0.508 e. The van der Waals surface area contributed by atoms with Gasteiger partial charge in [-0.05, 0) is 55.0 Å². The Morgan fingerprint density at radius 3 is 1.92 bits per heavy atom. The van der Waals surface area contributed by atoms with Crippen LogP contribution in [0.25, 0.3) is 0 Å². The lowest BCUT2D eigenvalue weighted by Crippen LogP contribution is -2.41. The maximum atomic E-state index is 12.9. The van der Waals surface area contributed by atoms with Crippen molar-refractivity contribution in [2.45, 2.75) is 33.1 Å². The number of phenolic OH excluding ortho intramolecular Hbond substituents is 1. The molecule has 3 aromatic rings. The molecule has 0 aliphatic carbocycles. The first kappa shape index (κ1) is 26.9. The number of para-hydroxylation sites is 2. The first-order valence-corrected chi connectivity index (χ1v) is 11.8. The van der Waals surface area contributed by atoms with Crippen molar-refractivity contribution in [2.24, 2.45) is 5.92 Å². The lowest BCUT2D eigenvalue weighted by molar-refractivity contribution is -0.132. The lowest BCUT2D eigenvalue weighted by atomic mass is 10.0. The van der Waals surface area contributed by atoms with E-state index in [1.807, 2.05) is 25.1 Å². The van der Waals surface area contributed by atoms with Gasteiger partial charge in [-0.2, -0.15) is 0 Å². The number of carbonyl (C=O) groups excluding carboxylic acids is 3. The number of carboxylic acid groups (broad SMARTS) is 1. The summed E-state index contributed by atoms with van der Waals surface area (Å²) in [5, 5.41) is 21.0. The summed E-state index contributed by atoms with van der Waals surface area (Å²) in [5.74, 6) is -2.53. The summed E-state index contributed by atoms with van der Waals surface area (Å²) in [6.45, 7) is 3.26. The Hall–Kier alpha value is -4.66. The summed E-state index contributed by atoms with van der Waals surface area (Å²) in [6.07, 6.45) is 2.31. The number of nitrogens with zero attached hydrogens (tertiary/aromatic N) is 2. The summed E-state index contributed by atoms with van der Waals surface area (Å²) < 4.78 is 4.69. The van der Waals surface area contributed by atoms with Gasteiger partial charge in [0.25, 0.3) is 11.8 Å². The number of hydrazine groups is 1. The molecule has 1 aliphatic heterocycles. The van der Waals surface area contributed by atoms with Crippen molar-refractivity contribution in [1.29, 1.82) is 0 Å². The van der Waals surface area contributed by atoms with E-state index in [1.165, 1.54) is 41.2 Å². The van der Waals surface area contributed by atoms with E-state index in [2.05, 4.69) is 4.74 Å². The monoisotopic (exact) mass is 504 g/mol. The topological polar surface area (TPSA) is 124 Å². The van der Waals surface area contributed by atoms with Crippen LogP contribution in [-0.2, 0) is 14.4 Å². The fraction of sp³-hybridized carbons (Fsp3) is 0.214. The van der Waals surface area contributed by atoms with Crippen LogP contribution >= 0.6 is 0 Å². The van der Waals surface area contributed by atoms with Gasteiger partial charge in [0.1, 0.15) is 23.0 Å². The average Bonchev–Trinajstić information content (AvgIpc) is 3.13. The summed E-state index contributed by atoms with van der Waals surface area (Å²) >= 11 is 0. The van der Waals surface area contributed by atoms with Gasteiger partial charge >= 0.3 is 11.9 Å². The molecule has 9 heteroatoms. The zero-order valence-corrected chi connectivity index (χ0v) is 20.5. The normalized spacial score (nSPS) is 14.7. The second-order valence-electron chi connectivity index (χ2n) is 8.24. The number of ether oxygens (including phenoxy) is 1. The SMILES string of the molecule is CC(=O)Oc1ccccc1C(=O)O.CCCC[C@@H]1C(=O)N(c2ccccc2)N(c2ccc(O)cc2)C1=O. The Morgan fingerprint density at radius 2 is 1.38 bits per heavy atom. The van der Waals surface area contributed by atoms with Crippen LogP contribution in [0.3, 0.4) is 0 Å². The second kappa shape index (κ2) is 12.3. The zero-order valence-electron chi connectivity index (χ0n) is 20.5. The van der Waals surface area contributed by atoms with Gasteiger partial charge in [-0.1, -0.05) is 50.1 Å². The van der Waals surface area contributed by atoms with Crippen LogP contribution in [0.2, 0.25) is 0 Å². The predicted octanol–water partition coefficient (Wildman–Crippen LogP) is 4.80. The molecule has 1 saturated heterocycles. The van der Waals surface area contributed by atoms with Crippen LogP contribution in [0, 0.1) is 5.92 Å². The van der Waals surface area contributed by atoms with E-state index in [4.69, 9.17) is 5.11 Å². The van der Waals surface area contributed by atoms with Crippen LogP contribution in [-0.4, -0.2) is 34.0 Å². The average molecular weight is 505 g/mol. The Bertz CT molecular complexity index is 1260. The maximum absolute atomic E-state index is 12.9. The number of esters is 1. The minimum atomic E-state index is -1.11. The molecule has 1 fully saturated rings. The number of phenols is 1. The molecule has 2 N–H and O–H groups in total. The number of rotatable bonds is 7. The highest BCUT2D eigenvalue weighted by Gasteiger charge is 2.46. The minimum Gasteiger partial charge on any atom is -0.508 e. The second-order valence-corrected chi connectivity index (χ2v) is 8.24. The maximum Gasteiger partial charge on any atom is 0.339 e. The fourth-order valence-corrected chi connectivity index (χ4v) is 3.79. The van der Waals surface area contributed by atoms with Gasteiger partial charge in [-0.25, -0.2) is 14.8 Å². The Labute approximate surface area is 214 Å². The first-order chi connectivity index (χ1) is 17.7. The molecule has 0 saturated carbocycles. The number of benzene rings is 3. The Kier molecular flexibility index (Phi) is 8.99. The van der Waals surface area contributed by atoms with Gasteiger partial charge in [0.05, 0.1) is 11.4 Å². The van der Waals surface area contributed by atoms with Crippen molar-refractivity contribution in [1.82, 2.24) is 0 Å². The fourth-order valence-electron chi connectivity index (χ4n) is 3.79. The minimum absolute atomic E-state index is 0.0160. The molecule has 2 amide bonds. The van der Waals surface area contributed by atoms with Gasteiger partial charge in [0.2, 0.25) is 0 Å². The van der Waals surface area contributed by atoms with Gasteiger partial charge < -0.3 is 14.9 Å². The molecular formula is C28H28N2O7. The molecule has 0 spiro atoms. The standard InChI is InChI=1S/C19H20N2O3.C9H8O4/c1-2-3-9-17-18(23)20(14-7-5-4-6-8-14)21(19(17)24)15-10-12-16(22)13-11-15;1-6(10)13-8-5-3-2-4-7(8)9(11)12/h4-8,10-13,17,22H,2-3,9H2,1H3;2-5H,1H3,(H,11,12)/t17-;/m1./s1. The molecule has 1 aliphatic rings. The number of aromatic carboxylic acids is 1. The summed E-state index contributed by atoms with van der Waals surface area (Å²) in [6, 6.07) is 21.4. The number of anilines is 2. The Balaban J connectivity index is 0.000000248. The van der Waals surface area contributed by atoms with E-state index >= 15 is 0 Å². The molecule has 0 bridgehead atoms. The number of carbonyl (C=O) groups is 4. The van der Waals surface area contributed by atoms with E-state index in [0.717, 1.165) is 12.8 Å². The third-order valence-corrected chi connectivity index (χ3v) is 5.53. The highest BCUT2D eigenvalue weighted by molar-refractivity contribution is 6.23. The number of carboxylic acids is 1. The lowest BCUT2D eigenvalue weighted by Gasteiger charge is -2.27. The van der Waals surface area contributed by atoms with Gasteiger partial charge in [0.15, 0.2) is 0 Å². The van der Waals surface area contributed by atoms with Crippen molar-refractivity contribution in [3.63, 3.8) is 0 Å². The first-order valence-electron chi connectivity index (χ1n) is 11.8. The molecule has 37 heavy (non-hydrogen) atoms. The molecular weight excluding hydrogens is 476 g/mol. The quantitative estimate of drug-likeness (QED) is 0.269. The van der Waals surface area contributed by atoms with Gasteiger partial charge in [-0.15, -0.1) is 0 Å². The van der Waals surface area contributed by atoms with Crippen LogP contribution < -0.4 is 14.8 Å². The van der Waals surface area contributed by atoms with E-state index in [-0.39, 0.29) is 28.9 Å². The number of hydrogen-bond acceptors (Lipinski definition) is 6. The van der Waals surface area contributed by atoms with Gasteiger partial charge in [0, 0.05) is 6.92 Å². The molecule has 0 radical (unpaired) electrons. The summed E-state index contributed by atoms with van der Waals surface area (Å²) in [4.78, 5) is 47.0. The molecule has 192 valence electrons. The van der Waals surface area contributed by atoms with E-state index in [1.54, 1.807) is 36.4 Å². The van der Waals surface area contributed by atoms with Crippen molar-refractivity contribution in [2.75, 3.05) is 10.0 Å². The molecule has 4 rings (SSSR count). The Morgan fingerprint density at radius 1 is 0.838 bits per heavy atom. The van der Waals surface area contributed by atoms with E-state index < -0.39 is 17.9 Å². The van der Waals surface area contributed by atoms with E-state index in [0.29, 0.717) is 17.8 Å². The highest BCUT2D eigenvalue weighted by Crippen LogP contribution is 2.34. The number of aromatic hydroxyl groups is 1. The van der Waals surface area contributed by atoms with Crippen molar-refractivity contribution < 1.29 is 34.1 Å². The van der Waals surface area contributed by atoms with Crippen LogP contribution in [0.1, 0.15) is 43.5 Å². The molecule has 0 unspecified atom stereocenters. The van der Waals surface area contributed by atoms with Gasteiger partial charge in [-0.3, -0.25) is 14.4 Å². The molecule has 3 aromatic carbocycles.